The van der Waals surface area contributed by atoms with Crippen molar-refractivity contribution in [3.63, 3.8) is 0 Å². The molecule has 0 aromatic carbocycles. The van der Waals surface area contributed by atoms with Gasteiger partial charge in [-0.2, -0.15) is 0 Å². The summed E-state index contributed by atoms with van der Waals surface area (Å²) in [5.41, 5.74) is 0. The van der Waals surface area contributed by atoms with E-state index in [1.54, 1.807) is 0 Å². The van der Waals surface area contributed by atoms with E-state index in [1.165, 1.54) is 161 Å². The fraction of sp³-hybridized carbons (Fsp3) is 0.814. The predicted octanol–water partition coefficient (Wildman–Crippen LogP) is 18.7. The lowest BCUT2D eigenvalue weighted by Crippen LogP contribution is -2.30. The number of unbranched alkanes of at least 4 members (excludes halogenated alkanes) is 32. The molecule has 6 heteroatoms. The second kappa shape index (κ2) is 54.0. The molecule has 0 aliphatic rings. The summed E-state index contributed by atoms with van der Waals surface area (Å²) in [5.74, 6) is -0.868. The summed E-state index contributed by atoms with van der Waals surface area (Å²) in [4.78, 5) is 38.0. The fourth-order valence-electron chi connectivity index (χ4n) is 8.14. The van der Waals surface area contributed by atoms with Crippen molar-refractivity contribution in [2.45, 2.75) is 297 Å². The quantitative estimate of drug-likeness (QED) is 0.0262. The summed E-state index contributed by atoms with van der Waals surface area (Å²) in [7, 11) is 0. The smallest absolute Gasteiger partial charge is 0.306 e. The lowest BCUT2D eigenvalue weighted by atomic mass is 10.0. The second-order valence-electron chi connectivity index (χ2n) is 18.8. The highest BCUT2D eigenvalue weighted by atomic mass is 16.6. The molecule has 1 unspecified atom stereocenters. The fourth-order valence-corrected chi connectivity index (χ4v) is 8.14. The molecule has 0 heterocycles. The van der Waals surface area contributed by atoms with Crippen LogP contribution in [0.2, 0.25) is 0 Å². The highest BCUT2D eigenvalue weighted by Crippen LogP contribution is 2.16. The van der Waals surface area contributed by atoms with Crippen LogP contribution >= 0.6 is 0 Å². The molecule has 65 heavy (non-hydrogen) atoms. The lowest BCUT2D eigenvalue weighted by molar-refractivity contribution is -0.167. The standard InChI is InChI=1S/C59H106O6/c1-4-7-10-13-16-19-21-23-25-27-28-29-30-32-33-35-37-40-43-46-49-52-58(61)64-55-56(54-63-57(60)51-48-45-42-39-18-15-12-9-6-3)65-59(62)53-50-47-44-41-38-36-34-31-26-24-22-20-17-14-11-8-5-2/h7,10,16,19,23,25,28-29,56H,4-6,8-9,11-15,17-18,20-22,24,26-27,30-55H2,1-3H3/b10-7-,19-16-,25-23-,29-28-. The van der Waals surface area contributed by atoms with E-state index in [4.69, 9.17) is 14.2 Å². The van der Waals surface area contributed by atoms with E-state index < -0.39 is 6.10 Å². The van der Waals surface area contributed by atoms with Crippen molar-refractivity contribution in [1.29, 1.82) is 0 Å². The molecule has 1 atom stereocenters. The van der Waals surface area contributed by atoms with E-state index in [-0.39, 0.29) is 31.1 Å². The minimum absolute atomic E-state index is 0.0717. The third kappa shape index (κ3) is 52.2. The van der Waals surface area contributed by atoms with Gasteiger partial charge in [0.25, 0.3) is 0 Å². The summed E-state index contributed by atoms with van der Waals surface area (Å²) < 4.78 is 16.8. The molecule has 0 aromatic heterocycles. The first-order valence-corrected chi connectivity index (χ1v) is 28.1. The van der Waals surface area contributed by atoms with Gasteiger partial charge in [-0.05, 0) is 57.8 Å². The van der Waals surface area contributed by atoms with Gasteiger partial charge in [-0.3, -0.25) is 14.4 Å². The maximum atomic E-state index is 12.8. The summed E-state index contributed by atoms with van der Waals surface area (Å²) in [5, 5.41) is 0. The van der Waals surface area contributed by atoms with Gasteiger partial charge in [0.15, 0.2) is 6.10 Å². The van der Waals surface area contributed by atoms with Gasteiger partial charge in [-0.15, -0.1) is 0 Å². The maximum absolute atomic E-state index is 12.8. The minimum Gasteiger partial charge on any atom is -0.462 e. The Labute approximate surface area is 403 Å². The van der Waals surface area contributed by atoms with Gasteiger partial charge < -0.3 is 14.2 Å². The zero-order valence-corrected chi connectivity index (χ0v) is 43.3. The van der Waals surface area contributed by atoms with Gasteiger partial charge in [0.05, 0.1) is 0 Å². The van der Waals surface area contributed by atoms with E-state index in [0.717, 1.165) is 89.9 Å². The van der Waals surface area contributed by atoms with Crippen LogP contribution in [-0.2, 0) is 28.6 Å². The zero-order chi connectivity index (χ0) is 47.2. The first kappa shape index (κ1) is 62.4. The molecule has 0 saturated carbocycles. The molecule has 0 spiro atoms. The van der Waals surface area contributed by atoms with E-state index >= 15 is 0 Å². The van der Waals surface area contributed by atoms with Crippen molar-refractivity contribution in [1.82, 2.24) is 0 Å². The Morgan fingerprint density at radius 3 is 0.938 bits per heavy atom. The maximum Gasteiger partial charge on any atom is 0.306 e. The minimum atomic E-state index is -0.771. The van der Waals surface area contributed by atoms with E-state index in [0.29, 0.717) is 19.3 Å². The largest absolute Gasteiger partial charge is 0.462 e. The molecule has 0 fully saturated rings. The van der Waals surface area contributed by atoms with Gasteiger partial charge in [-0.25, -0.2) is 0 Å². The van der Waals surface area contributed by atoms with Crippen LogP contribution in [0.3, 0.4) is 0 Å². The van der Waals surface area contributed by atoms with E-state index in [2.05, 4.69) is 69.4 Å². The molecule has 0 aliphatic heterocycles. The molecular weight excluding hydrogens is 805 g/mol. The lowest BCUT2D eigenvalue weighted by Gasteiger charge is -2.18. The number of hydrogen-bond acceptors (Lipinski definition) is 6. The van der Waals surface area contributed by atoms with Crippen molar-refractivity contribution < 1.29 is 28.6 Å². The Hall–Kier alpha value is -2.63. The zero-order valence-electron chi connectivity index (χ0n) is 43.3. The summed E-state index contributed by atoms with van der Waals surface area (Å²) in [6, 6.07) is 0. The predicted molar refractivity (Wildman–Crippen MR) is 279 cm³/mol. The molecule has 378 valence electrons. The van der Waals surface area contributed by atoms with Gasteiger partial charge in [0, 0.05) is 19.3 Å². The average Bonchev–Trinajstić information content (AvgIpc) is 3.30. The first-order chi connectivity index (χ1) is 32.0. The van der Waals surface area contributed by atoms with Gasteiger partial charge in [-0.1, -0.05) is 262 Å². The number of ether oxygens (including phenoxy) is 3. The van der Waals surface area contributed by atoms with E-state index in [9.17, 15) is 14.4 Å². The Bertz CT molecular complexity index is 1140. The van der Waals surface area contributed by atoms with Crippen molar-refractivity contribution >= 4 is 17.9 Å². The number of carbonyl (C=O) groups is 3. The summed E-state index contributed by atoms with van der Waals surface area (Å²) in [6.07, 6.45) is 65.3. The molecule has 0 aromatic rings. The third-order valence-corrected chi connectivity index (χ3v) is 12.3. The summed E-state index contributed by atoms with van der Waals surface area (Å²) >= 11 is 0. The first-order valence-electron chi connectivity index (χ1n) is 28.1. The number of carbonyl (C=O) groups excluding carboxylic acids is 3. The van der Waals surface area contributed by atoms with Crippen LogP contribution in [0.25, 0.3) is 0 Å². The van der Waals surface area contributed by atoms with Crippen molar-refractivity contribution in [3.05, 3.63) is 48.6 Å². The number of allylic oxidation sites excluding steroid dienone is 8. The van der Waals surface area contributed by atoms with Gasteiger partial charge in [0.2, 0.25) is 0 Å². The van der Waals surface area contributed by atoms with Crippen LogP contribution in [0, 0.1) is 0 Å². The van der Waals surface area contributed by atoms with Crippen molar-refractivity contribution in [3.8, 4) is 0 Å². The van der Waals surface area contributed by atoms with Crippen LogP contribution in [0.1, 0.15) is 290 Å². The van der Waals surface area contributed by atoms with Crippen LogP contribution < -0.4 is 0 Å². The molecular formula is C59H106O6. The summed E-state index contributed by atoms with van der Waals surface area (Å²) in [6.45, 7) is 6.53. The third-order valence-electron chi connectivity index (χ3n) is 12.3. The Morgan fingerprint density at radius 2 is 0.600 bits per heavy atom. The van der Waals surface area contributed by atoms with Crippen LogP contribution in [0.4, 0.5) is 0 Å². The molecule has 0 rings (SSSR count). The number of hydrogen-bond donors (Lipinski definition) is 0. The normalized spacial score (nSPS) is 12.4. The number of rotatable bonds is 51. The molecule has 0 aliphatic carbocycles. The van der Waals surface area contributed by atoms with Gasteiger partial charge in [0.1, 0.15) is 13.2 Å². The van der Waals surface area contributed by atoms with Crippen LogP contribution in [-0.4, -0.2) is 37.2 Å². The highest BCUT2D eigenvalue weighted by molar-refractivity contribution is 5.71. The van der Waals surface area contributed by atoms with E-state index in [1.807, 2.05) is 0 Å². The molecule has 0 bridgehead atoms. The average molecular weight is 911 g/mol. The van der Waals surface area contributed by atoms with Crippen molar-refractivity contribution in [2.24, 2.45) is 0 Å². The van der Waals surface area contributed by atoms with Crippen LogP contribution in [0.5, 0.6) is 0 Å². The SMILES string of the molecule is CC/C=C\C/C=C\C/C=C\C/C=C\CCCCCCCCCCC(=O)OCC(COC(=O)CCCCCCCCCCC)OC(=O)CCCCCCCCCCCCCCCCCCC. The second-order valence-corrected chi connectivity index (χ2v) is 18.8. The molecule has 0 amide bonds. The van der Waals surface area contributed by atoms with Crippen LogP contribution in [0.15, 0.2) is 48.6 Å². The Kier molecular flexibility index (Phi) is 51.8. The number of esters is 3. The molecule has 6 nitrogen and oxygen atoms in total. The van der Waals surface area contributed by atoms with Crippen molar-refractivity contribution in [2.75, 3.05) is 13.2 Å². The van der Waals surface area contributed by atoms with Gasteiger partial charge >= 0.3 is 17.9 Å². The highest BCUT2D eigenvalue weighted by Gasteiger charge is 2.19. The molecule has 0 N–H and O–H groups in total. The Morgan fingerprint density at radius 1 is 0.323 bits per heavy atom. The molecule has 0 saturated heterocycles. The monoisotopic (exact) mass is 911 g/mol. The Balaban J connectivity index is 4.26. The topological polar surface area (TPSA) is 78.9 Å². The molecule has 0 radical (unpaired) electrons.